The van der Waals surface area contributed by atoms with E-state index in [2.05, 4.69) is 16.0 Å². The van der Waals surface area contributed by atoms with E-state index in [4.69, 9.17) is 5.11 Å². The van der Waals surface area contributed by atoms with Gasteiger partial charge >= 0.3 is 17.9 Å². The number of carboxylic acid groups (broad SMARTS) is 1. The number of nitrogens with one attached hydrogen (secondary N) is 3. The quantitative estimate of drug-likeness (QED) is 0.299. The van der Waals surface area contributed by atoms with Crippen molar-refractivity contribution >= 4 is 41.7 Å². The summed E-state index contributed by atoms with van der Waals surface area (Å²) in [7, 11) is 0. The number of aliphatic carboxylic acids is 1. The second-order valence-electron chi connectivity index (χ2n) is 8.82. The standard InChI is InChI=1S/C23H29FN4O7/c1-13(2)20(27-21(33)17-7-6-15(10-18(17)24)25-14(3)30)22(34)28(8-4-5-9-28)23(35)26-16(12-29)11-19(31)32/h6-7,10,12-13,16,20H,4-5,8-9,11H2,1-3H3,(H3-,25,26,27,30,31,32,33,35)/p+1/t16-,20-/m0/s1. The van der Waals surface area contributed by atoms with Crippen molar-refractivity contribution in [3.8, 4) is 0 Å². The highest BCUT2D eigenvalue weighted by atomic mass is 19.1. The van der Waals surface area contributed by atoms with Crippen LogP contribution in [-0.2, 0) is 19.2 Å². The summed E-state index contributed by atoms with van der Waals surface area (Å²) in [5.74, 6) is -4.60. The molecule has 1 saturated heterocycles. The molecule has 0 spiro atoms. The van der Waals surface area contributed by atoms with Gasteiger partial charge in [-0.25, -0.2) is 14.0 Å². The van der Waals surface area contributed by atoms with E-state index in [1.807, 2.05) is 0 Å². The molecule has 0 aliphatic carbocycles. The minimum atomic E-state index is -1.31. The van der Waals surface area contributed by atoms with Crippen molar-refractivity contribution in [2.24, 2.45) is 5.92 Å². The molecule has 5 amide bonds. The number of hydrogen-bond donors (Lipinski definition) is 4. The molecule has 1 heterocycles. The van der Waals surface area contributed by atoms with Gasteiger partial charge in [-0.05, 0) is 24.1 Å². The van der Waals surface area contributed by atoms with Crippen molar-refractivity contribution < 1.29 is 42.7 Å². The average molecular weight is 494 g/mol. The largest absolute Gasteiger partial charge is 0.481 e. The zero-order valence-corrected chi connectivity index (χ0v) is 19.8. The summed E-state index contributed by atoms with van der Waals surface area (Å²) in [6, 6.07) is 0.186. The van der Waals surface area contributed by atoms with Crippen molar-refractivity contribution in [3.05, 3.63) is 29.6 Å². The Balaban J connectivity index is 2.28. The van der Waals surface area contributed by atoms with E-state index in [1.165, 1.54) is 19.1 Å². The Hall–Kier alpha value is -3.67. The van der Waals surface area contributed by atoms with Crippen LogP contribution in [0.4, 0.5) is 14.9 Å². The predicted molar refractivity (Wildman–Crippen MR) is 122 cm³/mol. The number of benzene rings is 1. The Morgan fingerprint density at radius 1 is 1.11 bits per heavy atom. The van der Waals surface area contributed by atoms with Crippen molar-refractivity contribution in [1.29, 1.82) is 0 Å². The third-order valence-electron chi connectivity index (χ3n) is 5.76. The number of halogens is 1. The number of hydrogen-bond acceptors (Lipinski definition) is 6. The summed E-state index contributed by atoms with van der Waals surface area (Å²) in [6.45, 7) is 4.79. The van der Waals surface area contributed by atoms with E-state index in [0.29, 0.717) is 12.8 Å². The van der Waals surface area contributed by atoms with E-state index in [-0.39, 0.29) is 30.6 Å². The van der Waals surface area contributed by atoms with Gasteiger partial charge in [0.15, 0.2) is 0 Å². The number of anilines is 1. The summed E-state index contributed by atoms with van der Waals surface area (Å²) in [6.07, 6.45) is 0.712. The predicted octanol–water partition coefficient (Wildman–Crippen LogP) is 1.43. The number of quaternary nitrogens is 1. The maximum Gasteiger partial charge on any atom is 0.424 e. The summed E-state index contributed by atoms with van der Waals surface area (Å²) < 4.78 is 13.8. The Morgan fingerprint density at radius 3 is 2.23 bits per heavy atom. The van der Waals surface area contributed by atoms with Gasteiger partial charge in [0.25, 0.3) is 5.91 Å². The molecular weight excluding hydrogens is 463 g/mol. The normalized spacial score (nSPS) is 16.1. The molecule has 1 fully saturated rings. The molecule has 0 saturated carbocycles. The Labute approximate surface area is 201 Å². The monoisotopic (exact) mass is 493 g/mol. The number of carbonyl (C=O) groups is 6. The first-order valence-corrected chi connectivity index (χ1v) is 11.2. The van der Waals surface area contributed by atoms with Crippen LogP contribution in [0.25, 0.3) is 0 Å². The lowest BCUT2D eigenvalue weighted by Gasteiger charge is -2.33. The maximum absolute atomic E-state index is 14.5. The Morgan fingerprint density at radius 2 is 1.74 bits per heavy atom. The molecule has 12 heteroatoms. The molecule has 11 nitrogen and oxygen atoms in total. The highest BCUT2D eigenvalue weighted by molar-refractivity contribution is 5.99. The van der Waals surface area contributed by atoms with Crippen LogP contribution in [0.5, 0.6) is 0 Å². The molecule has 2 atom stereocenters. The second-order valence-corrected chi connectivity index (χ2v) is 8.82. The molecule has 4 N–H and O–H groups in total. The minimum absolute atomic E-state index is 0.113. The van der Waals surface area contributed by atoms with Crippen molar-refractivity contribution in [2.45, 2.75) is 52.1 Å². The van der Waals surface area contributed by atoms with Gasteiger partial charge in [-0.2, -0.15) is 4.48 Å². The van der Waals surface area contributed by atoms with Crippen LogP contribution in [0.3, 0.4) is 0 Å². The number of aldehydes is 1. The first-order chi connectivity index (χ1) is 16.4. The van der Waals surface area contributed by atoms with E-state index in [1.54, 1.807) is 13.8 Å². The summed E-state index contributed by atoms with van der Waals surface area (Å²) >= 11 is 0. The molecule has 1 aromatic carbocycles. The van der Waals surface area contributed by atoms with Crippen molar-refractivity contribution in [3.63, 3.8) is 0 Å². The molecule has 35 heavy (non-hydrogen) atoms. The number of nitrogens with zero attached hydrogens (tertiary/aromatic N) is 1. The Bertz CT molecular complexity index is 1020. The fraction of sp³-hybridized carbons (Fsp3) is 0.478. The van der Waals surface area contributed by atoms with Crippen LogP contribution >= 0.6 is 0 Å². The summed E-state index contributed by atoms with van der Waals surface area (Å²) in [5, 5.41) is 16.2. The third kappa shape index (κ3) is 6.69. The molecule has 1 aromatic rings. The molecular formula is C23H30FN4O7+. The van der Waals surface area contributed by atoms with Gasteiger partial charge in [0, 0.05) is 25.5 Å². The van der Waals surface area contributed by atoms with Gasteiger partial charge in [-0.15, -0.1) is 0 Å². The van der Waals surface area contributed by atoms with E-state index >= 15 is 0 Å². The first kappa shape index (κ1) is 27.6. The molecule has 0 unspecified atom stereocenters. The van der Waals surface area contributed by atoms with Crippen LogP contribution in [0.15, 0.2) is 18.2 Å². The smallest absolute Gasteiger partial charge is 0.424 e. The summed E-state index contributed by atoms with van der Waals surface area (Å²) in [5.41, 5.74) is -0.190. The average Bonchev–Trinajstić information content (AvgIpc) is 3.26. The highest BCUT2D eigenvalue weighted by Crippen LogP contribution is 2.25. The lowest BCUT2D eigenvalue weighted by Crippen LogP contribution is -2.66. The molecule has 1 aliphatic rings. The zero-order valence-electron chi connectivity index (χ0n) is 19.8. The molecule has 190 valence electrons. The molecule has 0 bridgehead atoms. The van der Waals surface area contributed by atoms with Crippen LogP contribution in [0, 0.1) is 11.7 Å². The summed E-state index contributed by atoms with van der Waals surface area (Å²) in [4.78, 5) is 72.9. The van der Waals surface area contributed by atoms with Gasteiger partial charge in [0.1, 0.15) is 24.2 Å². The topological polar surface area (TPSA) is 159 Å². The number of urea groups is 1. The maximum atomic E-state index is 14.5. The van der Waals surface area contributed by atoms with Crippen LogP contribution in [0.1, 0.15) is 50.4 Å². The van der Waals surface area contributed by atoms with Crippen molar-refractivity contribution in [2.75, 3.05) is 18.4 Å². The van der Waals surface area contributed by atoms with Crippen molar-refractivity contribution in [1.82, 2.24) is 10.6 Å². The first-order valence-electron chi connectivity index (χ1n) is 11.2. The molecule has 2 rings (SSSR count). The second kappa shape index (κ2) is 11.6. The number of carboxylic acids is 1. The van der Waals surface area contributed by atoms with Crippen LogP contribution in [-0.4, -0.2) is 70.8 Å². The number of amides is 5. The lowest BCUT2D eigenvalue weighted by atomic mass is 10.0. The van der Waals surface area contributed by atoms with Gasteiger partial charge in [-0.3, -0.25) is 19.7 Å². The number of carbonyl (C=O) groups excluding carboxylic acids is 5. The number of likely N-dealkylation sites (tertiary alicyclic amines) is 1. The number of imide groups is 1. The van der Waals surface area contributed by atoms with Crippen LogP contribution in [0.2, 0.25) is 0 Å². The van der Waals surface area contributed by atoms with E-state index < -0.39 is 64.4 Å². The minimum Gasteiger partial charge on any atom is -0.481 e. The van der Waals surface area contributed by atoms with Crippen LogP contribution < -0.4 is 16.0 Å². The van der Waals surface area contributed by atoms with Gasteiger partial charge in [-0.1, -0.05) is 13.8 Å². The van der Waals surface area contributed by atoms with Gasteiger partial charge < -0.3 is 20.5 Å². The van der Waals surface area contributed by atoms with E-state index in [0.717, 1.165) is 6.07 Å². The zero-order chi connectivity index (χ0) is 26.3. The molecule has 0 radical (unpaired) electrons. The Kier molecular flexibility index (Phi) is 9.18. The highest BCUT2D eigenvalue weighted by Gasteiger charge is 2.51. The number of rotatable bonds is 9. The fourth-order valence-corrected chi connectivity index (χ4v) is 3.98. The molecule has 0 aromatic heterocycles. The lowest BCUT2D eigenvalue weighted by molar-refractivity contribution is -0.761. The fourth-order valence-electron chi connectivity index (χ4n) is 3.98. The van der Waals surface area contributed by atoms with Gasteiger partial charge in [0.2, 0.25) is 5.91 Å². The SMILES string of the molecule is CC(=O)Nc1ccc(C(=O)N[C@H](C(=O)[N+]2(C(=O)N[C@H](C=O)CC(=O)O)CCCC2)C(C)C)c(F)c1. The molecule has 1 aliphatic heterocycles. The van der Waals surface area contributed by atoms with E-state index in [9.17, 15) is 33.2 Å². The third-order valence-corrected chi connectivity index (χ3v) is 5.76. The van der Waals surface area contributed by atoms with Gasteiger partial charge in [0.05, 0.1) is 25.1 Å².